The molecule has 4 nitrogen and oxygen atoms in total. The first-order valence-electron chi connectivity index (χ1n) is 6.07. The van der Waals surface area contributed by atoms with Gasteiger partial charge in [0.2, 0.25) is 10.0 Å². The highest BCUT2D eigenvalue weighted by atomic mass is 35.5. The molecule has 7 heteroatoms. The van der Waals surface area contributed by atoms with Gasteiger partial charge in [-0.3, -0.25) is 0 Å². The van der Waals surface area contributed by atoms with Crippen molar-refractivity contribution in [1.29, 1.82) is 0 Å². The van der Waals surface area contributed by atoms with Gasteiger partial charge in [-0.15, -0.1) is 23.7 Å². The second-order valence-electron chi connectivity index (χ2n) is 5.26. The monoisotopic (exact) mass is 326 g/mol. The van der Waals surface area contributed by atoms with Crippen LogP contribution in [0.25, 0.3) is 0 Å². The van der Waals surface area contributed by atoms with Gasteiger partial charge < -0.3 is 5.73 Å². The molecule has 0 aromatic carbocycles. The van der Waals surface area contributed by atoms with Crippen molar-refractivity contribution in [2.75, 3.05) is 13.1 Å². The molecular weight excluding hydrogens is 304 g/mol. The molecule has 0 spiro atoms. The molecular formula is C12H23ClN2O2S2. The van der Waals surface area contributed by atoms with Gasteiger partial charge in [0, 0.05) is 11.4 Å². The molecule has 0 saturated heterocycles. The van der Waals surface area contributed by atoms with Crippen LogP contribution >= 0.6 is 23.7 Å². The number of hydrogen-bond acceptors (Lipinski definition) is 4. The Morgan fingerprint density at radius 2 is 1.89 bits per heavy atom. The molecule has 0 radical (unpaired) electrons. The average Bonchev–Trinajstić information content (AvgIpc) is 2.73. The Labute approximate surface area is 126 Å². The first kappa shape index (κ1) is 18.9. The van der Waals surface area contributed by atoms with Gasteiger partial charge >= 0.3 is 0 Å². The number of sulfonamides is 1. The Morgan fingerprint density at radius 3 is 2.37 bits per heavy atom. The molecule has 1 aromatic rings. The lowest BCUT2D eigenvalue weighted by Crippen LogP contribution is -2.24. The van der Waals surface area contributed by atoms with Crippen LogP contribution in [0, 0.1) is 0 Å². The van der Waals surface area contributed by atoms with Crippen LogP contribution in [0.5, 0.6) is 0 Å². The van der Waals surface area contributed by atoms with Crippen molar-refractivity contribution in [2.45, 2.75) is 43.2 Å². The summed E-state index contributed by atoms with van der Waals surface area (Å²) in [6.45, 7) is 7.26. The third-order valence-electron chi connectivity index (χ3n) is 2.51. The normalized spacial score (nSPS) is 12.2. The molecule has 0 amide bonds. The number of unbranched alkanes of at least 4 members (excludes halogenated alkanes) is 1. The summed E-state index contributed by atoms with van der Waals surface area (Å²) in [5, 5.41) is 0. The summed E-state index contributed by atoms with van der Waals surface area (Å²) in [6.07, 6.45) is 1.60. The summed E-state index contributed by atoms with van der Waals surface area (Å²) >= 11 is 1.34. The van der Waals surface area contributed by atoms with Crippen molar-refractivity contribution < 1.29 is 8.42 Å². The average molecular weight is 327 g/mol. The molecule has 112 valence electrons. The zero-order valence-corrected chi connectivity index (χ0v) is 14.1. The zero-order chi connectivity index (χ0) is 13.8. The summed E-state index contributed by atoms with van der Waals surface area (Å²) in [6, 6.07) is 3.57. The number of nitrogens with one attached hydrogen (secondary N) is 1. The fourth-order valence-corrected chi connectivity index (χ4v) is 3.90. The van der Waals surface area contributed by atoms with Gasteiger partial charge in [-0.2, -0.15) is 0 Å². The molecule has 19 heavy (non-hydrogen) atoms. The highest BCUT2D eigenvalue weighted by Crippen LogP contribution is 2.31. The van der Waals surface area contributed by atoms with Crippen molar-refractivity contribution in [1.82, 2.24) is 4.72 Å². The lowest BCUT2D eigenvalue weighted by atomic mass is 9.95. The SMILES string of the molecule is CC(C)(C)c1ccc(S(=O)(=O)NCCCCN)s1.Cl. The maximum Gasteiger partial charge on any atom is 0.250 e. The summed E-state index contributed by atoms with van der Waals surface area (Å²) in [5.41, 5.74) is 5.35. The number of nitrogens with two attached hydrogens (primary N) is 1. The smallest absolute Gasteiger partial charge is 0.250 e. The highest BCUT2D eigenvalue weighted by molar-refractivity contribution is 7.91. The van der Waals surface area contributed by atoms with E-state index in [1.54, 1.807) is 6.07 Å². The third kappa shape index (κ3) is 5.79. The summed E-state index contributed by atoms with van der Waals surface area (Å²) in [7, 11) is -3.35. The quantitative estimate of drug-likeness (QED) is 0.789. The van der Waals surface area contributed by atoms with Crippen LogP contribution in [0.4, 0.5) is 0 Å². The molecule has 3 N–H and O–H groups in total. The lowest BCUT2D eigenvalue weighted by molar-refractivity contribution is 0.579. The van der Waals surface area contributed by atoms with E-state index in [0.29, 0.717) is 17.3 Å². The third-order valence-corrected chi connectivity index (χ3v) is 5.97. The van der Waals surface area contributed by atoms with Crippen molar-refractivity contribution in [3.8, 4) is 0 Å². The molecule has 0 aliphatic rings. The van der Waals surface area contributed by atoms with E-state index in [0.717, 1.165) is 17.7 Å². The van der Waals surface area contributed by atoms with Crippen molar-refractivity contribution >= 4 is 33.8 Å². The van der Waals surface area contributed by atoms with Crippen LogP contribution in [0.3, 0.4) is 0 Å². The molecule has 0 aliphatic carbocycles. The van der Waals surface area contributed by atoms with E-state index in [1.165, 1.54) is 11.3 Å². The van der Waals surface area contributed by atoms with Gasteiger partial charge in [-0.05, 0) is 36.9 Å². The second kappa shape index (κ2) is 7.59. The van der Waals surface area contributed by atoms with Gasteiger partial charge in [0.05, 0.1) is 0 Å². The molecule has 0 bridgehead atoms. The van der Waals surface area contributed by atoms with E-state index in [4.69, 9.17) is 5.73 Å². The fourth-order valence-electron chi connectivity index (χ4n) is 1.41. The molecule has 0 unspecified atom stereocenters. The Hall–Kier alpha value is -0.140. The van der Waals surface area contributed by atoms with E-state index in [1.807, 2.05) is 6.07 Å². The molecule has 0 fully saturated rings. The number of thiophene rings is 1. The Morgan fingerprint density at radius 1 is 1.26 bits per heavy atom. The van der Waals surface area contributed by atoms with Crippen LogP contribution in [-0.4, -0.2) is 21.5 Å². The van der Waals surface area contributed by atoms with Crippen molar-refractivity contribution in [3.05, 3.63) is 17.0 Å². The number of halogens is 1. The second-order valence-corrected chi connectivity index (χ2v) is 8.34. The predicted octanol–water partition coefficient (Wildman–Crippen LogP) is 2.48. The summed E-state index contributed by atoms with van der Waals surface area (Å²) in [5.74, 6) is 0. The Bertz CT molecular complexity index is 478. The molecule has 1 aromatic heterocycles. The van der Waals surface area contributed by atoms with Crippen molar-refractivity contribution in [2.24, 2.45) is 5.73 Å². The van der Waals surface area contributed by atoms with E-state index in [-0.39, 0.29) is 17.8 Å². The minimum atomic E-state index is -3.35. The minimum absolute atomic E-state index is 0. The lowest BCUT2D eigenvalue weighted by Gasteiger charge is -2.15. The van der Waals surface area contributed by atoms with Gasteiger partial charge in [0.1, 0.15) is 4.21 Å². The first-order chi connectivity index (χ1) is 8.27. The van der Waals surface area contributed by atoms with Crippen LogP contribution in [0.1, 0.15) is 38.5 Å². The van der Waals surface area contributed by atoms with Crippen LogP contribution in [0.2, 0.25) is 0 Å². The van der Waals surface area contributed by atoms with E-state index in [9.17, 15) is 8.42 Å². The Balaban J connectivity index is 0.00000324. The zero-order valence-electron chi connectivity index (χ0n) is 11.6. The molecule has 1 rings (SSSR count). The topological polar surface area (TPSA) is 72.2 Å². The van der Waals surface area contributed by atoms with Crippen LogP contribution in [0.15, 0.2) is 16.3 Å². The van der Waals surface area contributed by atoms with Gasteiger partial charge in [0.25, 0.3) is 0 Å². The van der Waals surface area contributed by atoms with Crippen LogP contribution in [-0.2, 0) is 15.4 Å². The van der Waals surface area contributed by atoms with Crippen LogP contribution < -0.4 is 10.5 Å². The minimum Gasteiger partial charge on any atom is -0.330 e. The molecule has 1 heterocycles. The van der Waals surface area contributed by atoms with Gasteiger partial charge in [-0.25, -0.2) is 13.1 Å². The van der Waals surface area contributed by atoms with E-state index in [2.05, 4.69) is 25.5 Å². The van der Waals surface area contributed by atoms with E-state index >= 15 is 0 Å². The Kier molecular flexibility index (Phi) is 7.54. The summed E-state index contributed by atoms with van der Waals surface area (Å²) < 4.78 is 27.0. The summed E-state index contributed by atoms with van der Waals surface area (Å²) in [4.78, 5) is 1.07. The predicted molar refractivity (Wildman–Crippen MR) is 83.7 cm³/mol. The molecule has 0 saturated carbocycles. The largest absolute Gasteiger partial charge is 0.330 e. The van der Waals surface area contributed by atoms with Gasteiger partial charge in [-0.1, -0.05) is 20.8 Å². The van der Waals surface area contributed by atoms with E-state index < -0.39 is 10.0 Å². The number of rotatable bonds is 6. The van der Waals surface area contributed by atoms with Gasteiger partial charge in [0.15, 0.2) is 0 Å². The maximum atomic E-state index is 12.0. The number of hydrogen-bond donors (Lipinski definition) is 2. The van der Waals surface area contributed by atoms with Crippen molar-refractivity contribution in [3.63, 3.8) is 0 Å². The molecule has 0 aliphatic heterocycles. The maximum absolute atomic E-state index is 12.0. The standard InChI is InChI=1S/C12H22N2O2S2.ClH/c1-12(2,3)10-6-7-11(17-10)18(15,16)14-9-5-4-8-13;/h6-7,14H,4-5,8-9,13H2,1-3H3;1H. The fraction of sp³-hybridized carbons (Fsp3) is 0.667. The molecule has 0 atom stereocenters. The first-order valence-corrected chi connectivity index (χ1v) is 8.37. The highest BCUT2D eigenvalue weighted by Gasteiger charge is 2.21.